The van der Waals surface area contributed by atoms with Gasteiger partial charge in [0.05, 0.1) is 12.0 Å². The molecule has 2 aromatic rings. The SMILES string of the molecule is CC(C)=CCCC(C)=CCc1c(O)cc2c(c1O)C(=O)CC(c1c(O)cc(O)cc1O)O2. The summed E-state index contributed by atoms with van der Waals surface area (Å²) in [5, 5.41) is 50.9. The minimum absolute atomic E-state index is 0.0394. The number of phenols is 5. The molecule has 7 heteroatoms. The number of benzene rings is 2. The van der Waals surface area contributed by atoms with Gasteiger partial charge >= 0.3 is 0 Å². The molecule has 3 rings (SSSR count). The third-order valence-electron chi connectivity index (χ3n) is 5.45. The van der Waals surface area contributed by atoms with E-state index in [9.17, 15) is 30.3 Å². The molecule has 0 amide bonds. The first-order valence-electron chi connectivity index (χ1n) is 10.4. The first kappa shape index (κ1) is 23.1. The second-order valence-electron chi connectivity index (χ2n) is 8.30. The van der Waals surface area contributed by atoms with Crippen LogP contribution in [0.4, 0.5) is 0 Å². The van der Waals surface area contributed by atoms with E-state index in [1.165, 1.54) is 11.6 Å². The average molecular weight is 440 g/mol. The third kappa shape index (κ3) is 4.82. The van der Waals surface area contributed by atoms with Gasteiger partial charge in [0.25, 0.3) is 0 Å². The fourth-order valence-corrected chi connectivity index (χ4v) is 3.77. The van der Waals surface area contributed by atoms with E-state index in [1.807, 2.05) is 26.8 Å². The Bertz CT molecular complexity index is 1080. The molecular formula is C25H28O7. The maximum Gasteiger partial charge on any atom is 0.174 e. The predicted molar refractivity (Wildman–Crippen MR) is 120 cm³/mol. The summed E-state index contributed by atoms with van der Waals surface area (Å²) in [7, 11) is 0. The van der Waals surface area contributed by atoms with Crippen LogP contribution in [-0.4, -0.2) is 31.3 Å². The second-order valence-corrected chi connectivity index (χ2v) is 8.30. The van der Waals surface area contributed by atoms with Crippen molar-refractivity contribution < 1.29 is 35.1 Å². The zero-order chi connectivity index (χ0) is 23.6. The number of phenolic OH excluding ortho intramolecular Hbond substituents is 5. The number of carbonyl (C=O) groups is 1. The first-order valence-corrected chi connectivity index (χ1v) is 10.4. The van der Waals surface area contributed by atoms with Crippen LogP contribution in [0.1, 0.15) is 67.6 Å². The number of rotatable bonds is 6. The second kappa shape index (κ2) is 9.26. The van der Waals surface area contributed by atoms with Crippen LogP contribution in [0.15, 0.2) is 41.5 Å². The van der Waals surface area contributed by atoms with Crippen LogP contribution in [-0.2, 0) is 6.42 Å². The van der Waals surface area contributed by atoms with Crippen molar-refractivity contribution in [3.05, 3.63) is 58.2 Å². The van der Waals surface area contributed by atoms with E-state index in [0.717, 1.165) is 30.5 Å². The smallest absolute Gasteiger partial charge is 0.174 e. The van der Waals surface area contributed by atoms with Crippen molar-refractivity contribution in [2.24, 2.45) is 0 Å². The molecule has 0 aromatic heterocycles. The summed E-state index contributed by atoms with van der Waals surface area (Å²) in [5.41, 5.74) is 2.48. The normalized spacial score (nSPS) is 15.8. The first-order chi connectivity index (χ1) is 15.1. The van der Waals surface area contributed by atoms with Crippen molar-refractivity contribution in [2.45, 2.75) is 52.6 Å². The molecule has 0 radical (unpaired) electrons. The Kier molecular flexibility index (Phi) is 6.67. The Morgan fingerprint density at radius 2 is 1.66 bits per heavy atom. The lowest BCUT2D eigenvalue weighted by atomic mass is 9.92. The molecule has 1 aliphatic heterocycles. The highest BCUT2D eigenvalue weighted by molar-refractivity contribution is 6.03. The number of aromatic hydroxyl groups is 5. The monoisotopic (exact) mass is 440 g/mol. The van der Waals surface area contributed by atoms with Gasteiger partial charge in [0, 0.05) is 23.8 Å². The van der Waals surface area contributed by atoms with Gasteiger partial charge in [-0.05, 0) is 40.0 Å². The number of carbonyl (C=O) groups excluding carboxylic acids is 1. The molecule has 0 spiro atoms. The number of Topliss-reactive ketones (excluding diaryl/α,β-unsaturated/α-hetero) is 1. The number of hydrogen-bond acceptors (Lipinski definition) is 7. The van der Waals surface area contributed by atoms with Gasteiger partial charge in [0.2, 0.25) is 0 Å². The molecule has 1 unspecified atom stereocenters. The van der Waals surface area contributed by atoms with Crippen LogP contribution >= 0.6 is 0 Å². The standard InChI is InChI=1S/C25H28O7/c1-13(2)5-4-6-14(3)7-8-16-17(27)11-22-24(25(16)31)20(30)12-21(32-22)23-18(28)9-15(26)10-19(23)29/h5,7,9-11,21,26-29,31H,4,6,8,12H2,1-3H3. The molecule has 5 N–H and O–H groups in total. The highest BCUT2D eigenvalue weighted by Gasteiger charge is 2.35. The number of allylic oxidation sites excluding steroid dienone is 4. The van der Waals surface area contributed by atoms with Crippen molar-refractivity contribution in [1.82, 2.24) is 0 Å². The van der Waals surface area contributed by atoms with Gasteiger partial charge in [0.15, 0.2) is 5.78 Å². The highest BCUT2D eigenvalue weighted by Crippen LogP contribution is 2.48. The van der Waals surface area contributed by atoms with Gasteiger partial charge in [-0.1, -0.05) is 23.3 Å². The molecule has 1 heterocycles. The lowest BCUT2D eigenvalue weighted by Crippen LogP contribution is -2.21. The summed E-state index contributed by atoms with van der Waals surface area (Å²) in [5.74, 6) is -2.24. The van der Waals surface area contributed by atoms with Crippen molar-refractivity contribution in [3.63, 3.8) is 0 Å². The topological polar surface area (TPSA) is 127 Å². The zero-order valence-corrected chi connectivity index (χ0v) is 18.3. The largest absolute Gasteiger partial charge is 0.508 e. The maximum atomic E-state index is 12.8. The van der Waals surface area contributed by atoms with Gasteiger partial charge in [0.1, 0.15) is 46.2 Å². The fraction of sp³-hybridized carbons (Fsp3) is 0.320. The fourth-order valence-electron chi connectivity index (χ4n) is 3.77. The van der Waals surface area contributed by atoms with Crippen LogP contribution in [0.25, 0.3) is 0 Å². The van der Waals surface area contributed by atoms with E-state index in [-0.39, 0.29) is 52.5 Å². The van der Waals surface area contributed by atoms with E-state index in [4.69, 9.17) is 4.74 Å². The minimum atomic E-state index is -1.04. The Hall–Kier alpha value is -3.61. The van der Waals surface area contributed by atoms with Crippen molar-refractivity contribution in [3.8, 4) is 34.5 Å². The molecule has 0 saturated carbocycles. The molecule has 0 fully saturated rings. The van der Waals surface area contributed by atoms with E-state index >= 15 is 0 Å². The molecule has 170 valence electrons. The van der Waals surface area contributed by atoms with Crippen LogP contribution in [0.3, 0.4) is 0 Å². The number of ether oxygens (including phenoxy) is 1. The van der Waals surface area contributed by atoms with Gasteiger partial charge in [-0.25, -0.2) is 0 Å². The van der Waals surface area contributed by atoms with Crippen LogP contribution in [0.5, 0.6) is 34.5 Å². The Balaban J connectivity index is 1.88. The zero-order valence-electron chi connectivity index (χ0n) is 18.3. The maximum absolute atomic E-state index is 12.8. The summed E-state index contributed by atoms with van der Waals surface area (Å²) in [6.07, 6.45) is 4.76. The molecule has 0 aliphatic carbocycles. The average Bonchev–Trinajstić information content (AvgIpc) is 2.66. The molecule has 0 bridgehead atoms. The summed E-state index contributed by atoms with van der Waals surface area (Å²) < 4.78 is 5.74. The van der Waals surface area contributed by atoms with E-state index < -0.39 is 23.4 Å². The Morgan fingerprint density at radius 3 is 2.28 bits per heavy atom. The number of fused-ring (bicyclic) bond motifs is 1. The van der Waals surface area contributed by atoms with Crippen LogP contribution in [0.2, 0.25) is 0 Å². The van der Waals surface area contributed by atoms with Gasteiger partial charge in [-0.2, -0.15) is 0 Å². The lowest BCUT2D eigenvalue weighted by Gasteiger charge is -2.28. The van der Waals surface area contributed by atoms with E-state index in [1.54, 1.807) is 0 Å². The highest BCUT2D eigenvalue weighted by atomic mass is 16.5. The van der Waals surface area contributed by atoms with Gasteiger partial charge < -0.3 is 30.3 Å². The van der Waals surface area contributed by atoms with E-state index in [2.05, 4.69) is 6.08 Å². The lowest BCUT2D eigenvalue weighted by molar-refractivity contribution is 0.0838. The summed E-state index contributed by atoms with van der Waals surface area (Å²) in [6.45, 7) is 6.05. The molecule has 2 aromatic carbocycles. The van der Waals surface area contributed by atoms with Gasteiger partial charge in [-0.3, -0.25) is 4.79 Å². The quantitative estimate of drug-likeness (QED) is 0.393. The summed E-state index contributed by atoms with van der Waals surface area (Å²) >= 11 is 0. The minimum Gasteiger partial charge on any atom is -0.508 e. The number of ketones is 1. The third-order valence-corrected chi connectivity index (χ3v) is 5.45. The van der Waals surface area contributed by atoms with Crippen molar-refractivity contribution >= 4 is 5.78 Å². The van der Waals surface area contributed by atoms with E-state index in [0.29, 0.717) is 0 Å². The molecule has 1 aliphatic rings. The van der Waals surface area contributed by atoms with Crippen molar-refractivity contribution in [1.29, 1.82) is 0 Å². The summed E-state index contributed by atoms with van der Waals surface area (Å²) in [4.78, 5) is 12.8. The molecular weight excluding hydrogens is 412 g/mol. The number of hydrogen-bond donors (Lipinski definition) is 5. The van der Waals surface area contributed by atoms with Crippen LogP contribution in [0, 0.1) is 0 Å². The van der Waals surface area contributed by atoms with Crippen LogP contribution < -0.4 is 4.74 Å². The molecule has 1 atom stereocenters. The van der Waals surface area contributed by atoms with Gasteiger partial charge in [-0.15, -0.1) is 0 Å². The Morgan fingerprint density at radius 1 is 1.00 bits per heavy atom. The van der Waals surface area contributed by atoms with Crippen molar-refractivity contribution in [2.75, 3.05) is 0 Å². The Labute approximate surface area is 186 Å². The molecule has 32 heavy (non-hydrogen) atoms. The molecule has 0 saturated heterocycles. The molecule has 7 nitrogen and oxygen atoms in total. The predicted octanol–water partition coefficient (Wildman–Crippen LogP) is 5.16. The summed E-state index contributed by atoms with van der Waals surface area (Å²) in [6, 6.07) is 3.32.